The standard InChI is InChI=1S/C15H13BFN3O6S/c17-8-2-6-1-7(16(24)26-13(6)9(4-8)14(22)23)3-11(21)12(20-25)10-5-27-15(18)19-10/h2,4-5,7,24-25H,1,3H2,(H2,18,19)(H,22,23)/b20-12-/t7-/m1/s1. The van der Waals surface area contributed by atoms with Gasteiger partial charge < -0.3 is 25.7 Å². The Morgan fingerprint density at radius 1 is 1.48 bits per heavy atom. The van der Waals surface area contributed by atoms with E-state index < -0.39 is 36.1 Å². The molecule has 140 valence electrons. The Hall–Kier alpha value is -2.99. The van der Waals surface area contributed by atoms with Gasteiger partial charge in [0, 0.05) is 17.6 Å². The molecule has 0 aliphatic carbocycles. The summed E-state index contributed by atoms with van der Waals surface area (Å²) in [6.07, 6.45) is -0.297. The van der Waals surface area contributed by atoms with Crippen molar-refractivity contribution >= 4 is 41.1 Å². The smallest absolute Gasteiger partial charge is 0.526 e. The number of carbonyl (C=O) groups is 2. The number of nitrogen functional groups attached to an aromatic ring is 1. The van der Waals surface area contributed by atoms with E-state index in [1.807, 2.05) is 0 Å². The minimum absolute atomic E-state index is 0.00179. The monoisotopic (exact) mass is 393 g/mol. The number of hydrogen-bond donors (Lipinski definition) is 4. The van der Waals surface area contributed by atoms with Crippen molar-refractivity contribution in [3.8, 4) is 5.75 Å². The number of aromatic carboxylic acids is 1. The van der Waals surface area contributed by atoms with Gasteiger partial charge in [0.05, 0.1) is 0 Å². The summed E-state index contributed by atoms with van der Waals surface area (Å²) in [6, 6.07) is 1.88. The number of halogens is 1. The lowest BCUT2D eigenvalue weighted by atomic mass is 9.64. The molecule has 0 spiro atoms. The molecule has 5 N–H and O–H groups in total. The Balaban J connectivity index is 1.83. The molecule has 0 radical (unpaired) electrons. The van der Waals surface area contributed by atoms with Gasteiger partial charge in [-0.05, 0) is 24.1 Å². The summed E-state index contributed by atoms with van der Waals surface area (Å²) < 4.78 is 18.9. The summed E-state index contributed by atoms with van der Waals surface area (Å²) in [5, 5.41) is 33.0. The van der Waals surface area contributed by atoms with Crippen LogP contribution in [0.15, 0.2) is 22.7 Å². The van der Waals surface area contributed by atoms with Gasteiger partial charge in [0.2, 0.25) is 0 Å². The maximum absolute atomic E-state index is 13.7. The highest BCUT2D eigenvalue weighted by Gasteiger charge is 2.39. The number of anilines is 1. The van der Waals surface area contributed by atoms with E-state index in [9.17, 15) is 19.0 Å². The third-order valence-corrected chi connectivity index (χ3v) is 4.74. The first kappa shape index (κ1) is 18.8. The average Bonchev–Trinajstić information content (AvgIpc) is 3.02. The van der Waals surface area contributed by atoms with Crippen molar-refractivity contribution in [3.63, 3.8) is 0 Å². The zero-order valence-corrected chi connectivity index (χ0v) is 14.4. The maximum atomic E-state index is 13.7. The second-order valence-electron chi connectivity index (χ2n) is 5.87. The SMILES string of the molecule is Nc1nc(/C(=N/O)C(=O)C[C@H]2Cc3cc(F)cc(C(=O)O)c3OB2O)cs1. The fraction of sp³-hybridized carbons (Fsp3) is 0.200. The maximum Gasteiger partial charge on any atom is 0.526 e. The van der Waals surface area contributed by atoms with Crippen molar-refractivity contribution in [1.29, 1.82) is 0 Å². The van der Waals surface area contributed by atoms with Crippen LogP contribution in [0.5, 0.6) is 5.75 Å². The van der Waals surface area contributed by atoms with E-state index in [4.69, 9.17) is 20.7 Å². The number of oxime groups is 1. The molecule has 9 nitrogen and oxygen atoms in total. The number of carbonyl (C=O) groups excluding carboxylic acids is 1. The highest BCUT2D eigenvalue weighted by Crippen LogP contribution is 2.37. The summed E-state index contributed by atoms with van der Waals surface area (Å²) in [5.41, 5.74) is 5.07. The van der Waals surface area contributed by atoms with E-state index in [0.717, 1.165) is 23.5 Å². The van der Waals surface area contributed by atoms with Gasteiger partial charge in [-0.15, -0.1) is 11.3 Å². The van der Waals surface area contributed by atoms with Gasteiger partial charge >= 0.3 is 13.1 Å². The summed E-state index contributed by atoms with van der Waals surface area (Å²) in [7, 11) is -1.49. The van der Waals surface area contributed by atoms with Crippen molar-refractivity contribution in [2.75, 3.05) is 5.73 Å². The second-order valence-corrected chi connectivity index (χ2v) is 6.76. The second kappa shape index (κ2) is 7.33. The fourth-order valence-electron chi connectivity index (χ4n) is 2.85. The largest absolute Gasteiger partial charge is 0.535 e. The molecule has 0 amide bonds. The first-order valence-corrected chi connectivity index (χ1v) is 8.55. The number of Topliss-reactive ketones (excluding diaryl/α,β-unsaturated/α-hetero) is 1. The average molecular weight is 393 g/mol. The van der Waals surface area contributed by atoms with Crippen molar-refractivity contribution < 1.29 is 34.0 Å². The molecule has 0 unspecified atom stereocenters. The van der Waals surface area contributed by atoms with Gasteiger partial charge in [-0.2, -0.15) is 0 Å². The lowest BCUT2D eigenvalue weighted by Gasteiger charge is -2.28. The van der Waals surface area contributed by atoms with Gasteiger partial charge in [-0.1, -0.05) is 5.16 Å². The Morgan fingerprint density at radius 2 is 2.22 bits per heavy atom. The molecule has 1 aliphatic rings. The van der Waals surface area contributed by atoms with Crippen molar-refractivity contribution in [1.82, 2.24) is 4.98 Å². The number of ketones is 1. The highest BCUT2D eigenvalue weighted by atomic mass is 32.1. The van der Waals surface area contributed by atoms with Gasteiger partial charge in [0.1, 0.15) is 22.8 Å². The number of rotatable bonds is 5. The van der Waals surface area contributed by atoms with Crippen LogP contribution < -0.4 is 10.4 Å². The van der Waals surface area contributed by atoms with Crippen molar-refractivity contribution in [2.45, 2.75) is 18.7 Å². The molecule has 1 aliphatic heterocycles. The number of nitrogens with zero attached hydrogens (tertiary/aromatic N) is 2. The molecule has 2 aromatic rings. The lowest BCUT2D eigenvalue weighted by molar-refractivity contribution is -0.113. The quantitative estimate of drug-likeness (QED) is 0.255. The Labute approximate surface area is 156 Å². The molecule has 0 saturated carbocycles. The predicted octanol–water partition coefficient (Wildman–Crippen LogP) is 1.19. The van der Waals surface area contributed by atoms with Crippen LogP contribution in [0, 0.1) is 5.82 Å². The summed E-state index contributed by atoms with van der Waals surface area (Å²) in [6.45, 7) is 0. The first-order valence-electron chi connectivity index (χ1n) is 7.67. The molecule has 1 aromatic carbocycles. The van der Waals surface area contributed by atoms with Crippen molar-refractivity contribution in [3.05, 3.63) is 40.2 Å². The molecule has 1 aromatic heterocycles. The molecule has 1 atom stereocenters. The lowest BCUT2D eigenvalue weighted by Crippen LogP contribution is -2.37. The van der Waals surface area contributed by atoms with Crippen LogP contribution in [0.3, 0.4) is 0 Å². The normalized spacial score (nSPS) is 16.6. The zero-order chi connectivity index (χ0) is 19.7. The Bertz CT molecular complexity index is 950. The topological polar surface area (TPSA) is 155 Å². The van der Waals surface area contributed by atoms with E-state index in [2.05, 4.69) is 10.1 Å². The molecule has 12 heteroatoms. The molecule has 27 heavy (non-hydrogen) atoms. The van der Waals surface area contributed by atoms with Crippen LogP contribution in [-0.4, -0.2) is 44.9 Å². The number of benzene rings is 1. The number of thiazole rings is 1. The van der Waals surface area contributed by atoms with Crippen molar-refractivity contribution in [2.24, 2.45) is 5.16 Å². The van der Waals surface area contributed by atoms with Crippen LogP contribution in [0.4, 0.5) is 9.52 Å². The molecule has 0 saturated heterocycles. The summed E-state index contributed by atoms with van der Waals surface area (Å²) >= 11 is 1.06. The Kier molecular flexibility index (Phi) is 5.10. The Morgan fingerprint density at radius 3 is 2.81 bits per heavy atom. The molecule has 2 heterocycles. The van der Waals surface area contributed by atoms with E-state index in [1.165, 1.54) is 5.38 Å². The minimum atomic E-state index is -1.49. The summed E-state index contributed by atoms with van der Waals surface area (Å²) in [5.74, 6) is -3.74. The minimum Gasteiger partial charge on any atom is -0.535 e. The number of aromatic nitrogens is 1. The molecular weight excluding hydrogens is 380 g/mol. The third kappa shape index (κ3) is 3.76. The predicted molar refractivity (Wildman–Crippen MR) is 93.9 cm³/mol. The van der Waals surface area contributed by atoms with Gasteiger partial charge in [-0.25, -0.2) is 14.2 Å². The van der Waals surface area contributed by atoms with Crippen LogP contribution in [-0.2, 0) is 11.2 Å². The first-order chi connectivity index (χ1) is 12.8. The van der Waals surface area contributed by atoms with Crippen LogP contribution in [0.25, 0.3) is 0 Å². The number of carboxylic acids is 1. The van der Waals surface area contributed by atoms with Crippen LogP contribution >= 0.6 is 11.3 Å². The number of hydrogen-bond acceptors (Lipinski definition) is 9. The summed E-state index contributed by atoms with van der Waals surface area (Å²) in [4.78, 5) is 27.6. The highest BCUT2D eigenvalue weighted by molar-refractivity contribution is 7.13. The molecule has 3 rings (SSSR count). The number of carboxylic acid groups (broad SMARTS) is 1. The number of nitrogens with two attached hydrogens (primary N) is 1. The van der Waals surface area contributed by atoms with Crippen LogP contribution in [0.2, 0.25) is 5.82 Å². The molecule has 0 bridgehead atoms. The van der Waals surface area contributed by atoms with Gasteiger partial charge in [0.25, 0.3) is 0 Å². The molecule has 0 fully saturated rings. The molecular formula is C15H13BFN3O6S. The van der Waals surface area contributed by atoms with E-state index in [-0.39, 0.29) is 40.7 Å². The zero-order valence-electron chi connectivity index (χ0n) is 13.6. The van der Waals surface area contributed by atoms with E-state index in [0.29, 0.717) is 0 Å². The fourth-order valence-corrected chi connectivity index (χ4v) is 3.40. The van der Waals surface area contributed by atoms with E-state index >= 15 is 0 Å². The van der Waals surface area contributed by atoms with Gasteiger partial charge in [0.15, 0.2) is 16.6 Å². The van der Waals surface area contributed by atoms with E-state index in [1.54, 1.807) is 0 Å². The number of fused-ring (bicyclic) bond motifs is 1. The van der Waals surface area contributed by atoms with Gasteiger partial charge in [-0.3, -0.25) is 4.79 Å². The van der Waals surface area contributed by atoms with Crippen LogP contribution in [0.1, 0.15) is 28.0 Å². The third-order valence-electron chi connectivity index (χ3n) is 4.06.